The molecule has 2 unspecified atom stereocenters. The van der Waals surface area contributed by atoms with Gasteiger partial charge in [0.2, 0.25) is 5.13 Å². The predicted octanol–water partition coefficient (Wildman–Crippen LogP) is 5.93. The van der Waals surface area contributed by atoms with Crippen LogP contribution in [0.3, 0.4) is 0 Å². The van der Waals surface area contributed by atoms with Gasteiger partial charge in [-0.15, -0.1) is 10.2 Å². The summed E-state index contributed by atoms with van der Waals surface area (Å²) in [6.07, 6.45) is 0.681. The molecule has 0 aliphatic carbocycles. The Labute approximate surface area is 243 Å². The Balaban J connectivity index is 1.39. The quantitative estimate of drug-likeness (QED) is 0.0931. The van der Waals surface area contributed by atoms with E-state index in [9.17, 15) is 19.1 Å². The number of rotatable bonds is 7. The normalized spacial score (nSPS) is 19.3. The summed E-state index contributed by atoms with van der Waals surface area (Å²) < 4.78 is 25.7. The molecule has 1 aromatic heterocycles. The van der Waals surface area contributed by atoms with Crippen LogP contribution in [0, 0.1) is 5.82 Å². The number of aromatic nitrogens is 2. The largest absolute Gasteiger partial charge is 0.507 e. The molecule has 2 aliphatic heterocycles. The smallest absolute Gasteiger partial charge is 0.301 e. The van der Waals surface area contributed by atoms with E-state index in [0.29, 0.717) is 39.0 Å². The van der Waals surface area contributed by atoms with Crippen molar-refractivity contribution in [3.05, 3.63) is 100 Å². The molecule has 41 heavy (non-hydrogen) atoms. The number of ketones is 1. The highest BCUT2D eigenvalue weighted by Crippen LogP contribution is 2.45. The molecule has 0 radical (unpaired) electrons. The highest BCUT2D eigenvalue weighted by Gasteiger charge is 2.48. The molecule has 3 heterocycles. The number of Topliss-reactive ketones (excluding diaryl/α,β-unsaturated/α-hetero) is 1. The number of benzene rings is 3. The van der Waals surface area contributed by atoms with Crippen molar-refractivity contribution in [1.29, 1.82) is 0 Å². The molecule has 8 nitrogen and oxygen atoms in total. The Bertz CT molecular complexity index is 1690. The number of carbonyl (C=O) groups is 2. The van der Waals surface area contributed by atoms with Gasteiger partial charge in [-0.25, -0.2) is 4.39 Å². The van der Waals surface area contributed by atoms with E-state index in [-0.39, 0.29) is 28.4 Å². The fourth-order valence-corrected chi connectivity index (χ4v) is 6.82. The molecule has 6 rings (SSSR count). The number of fused-ring (bicyclic) bond motifs is 1. The molecule has 11 heteroatoms. The summed E-state index contributed by atoms with van der Waals surface area (Å²) in [5.74, 6) is -0.605. The lowest BCUT2D eigenvalue weighted by atomic mass is 9.94. The van der Waals surface area contributed by atoms with Gasteiger partial charge in [0.05, 0.1) is 18.7 Å². The summed E-state index contributed by atoms with van der Waals surface area (Å²) in [6.45, 7) is 1.96. The van der Waals surface area contributed by atoms with Crippen LogP contribution in [0.25, 0.3) is 5.76 Å². The van der Waals surface area contributed by atoms with Crippen LogP contribution in [0.15, 0.2) is 76.6 Å². The number of anilines is 1. The molecule has 3 aromatic carbocycles. The minimum Gasteiger partial charge on any atom is -0.507 e. The van der Waals surface area contributed by atoms with Gasteiger partial charge in [-0.2, -0.15) is 0 Å². The summed E-state index contributed by atoms with van der Waals surface area (Å²) >= 11 is 2.40. The average molecular weight is 590 g/mol. The van der Waals surface area contributed by atoms with Crippen molar-refractivity contribution >= 4 is 45.7 Å². The topological polar surface area (TPSA) is 102 Å². The zero-order valence-corrected chi connectivity index (χ0v) is 23.7. The molecular weight excluding hydrogens is 565 g/mol. The molecule has 1 saturated heterocycles. The van der Waals surface area contributed by atoms with E-state index in [1.54, 1.807) is 67.8 Å². The molecular formula is C30H24FN3O5S2. The second-order valence-electron chi connectivity index (χ2n) is 9.63. The van der Waals surface area contributed by atoms with Gasteiger partial charge in [0, 0.05) is 17.7 Å². The molecule has 1 amide bonds. The van der Waals surface area contributed by atoms with E-state index in [1.807, 2.05) is 6.92 Å². The van der Waals surface area contributed by atoms with E-state index in [1.165, 1.54) is 22.7 Å². The van der Waals surface area contributed by atoms with Crippen LogP contribution >= 0.6 is 23.1 Å². The maximum absolute atomic E-state index is 14.1. The van der Waals surface area contributed by atoms with E-state index < -0.39 is 17.7 Å². The van der Waals surface area contributed by atoms with Crippen molar-refractivity contribution < 1.29 is 28.6 Å². The number of nitrogens with zero attached hydrogens (tertiary/aromatic N) is 3. The molecule has 1 N–H and O–H groups in total. The number of carbonyl (C=O) groups excluding carboxylic acids is 2. The third-order valence-electron chi connectivity index (χ3n) is 6.96. The lowest BCUT2D eigenvalue weighted by molar-refractivity contribution is -0.132. The lowest BCUT2D eigenvalue weighted by Crippen LogP contribution is -2.29. The maximum atomic E-state index is 14.1. The fraction of sp³-hybridized carbons (Fsp3) is 0.200. The zero-order valence-electron chi connectivity index (χ0n) is 22.0. The van der Waals surface area contributed by atoms with Crippen LogP contribution in [0.1, 0.15) is 35.2 Å². The predicted molar refractivity (Wildman–Crippen MR) is 154 cm³/mol. The maximum Gasteiger partial charge on any atom is 0.301 e. The Morgan fingerprint density at radius 3 is 2.68 bits per heavy atom. The first-order valence-corrected chi connectivity index (χ1v) is 14.6. The molecule has 0 bridgehead atoms. The van der Waals surface area contributed by atoms with Crippen LogP contribution < -0.4 is 14.4 Å². The zero-order chi connectivity index (χ0) is 28.7. The van der Waals surface area contributed by atoms with Crippen molar-refractivity contribution in [3.8, 4) is 11.5 Å². The monoisotopic (exact) mass is 589 g/mol. The Morgan fingerprint density at radius 1 is 1.15 bits per heavy atom. The SMILES string of the molecule is COc1ccc(C2C(=C(O)c3ccc4c(c3)CC(C)O4)C(=O)C(=O)N2c2nnc(SCc3ccccc3F)s2)cc1. The van der Waals surface area contributed by atoms with Crippen molar-refractivity contribution in [3.63, 3.8) is 0 Å². The minimum absolute atomic E-state index is 0.00938. The van der Waals surface area contributed by atoms with Gasteiger partial charge in [-0.3, -0.25) is 14.5 Å². The number of thioether (sulfide) groups is 1. The summed E-state index contributed by atoms with van der Waals surface area (Å²) in [7, 11) is 1.54. The standard InChI is InChI=1S/C30H24FN3O5S2/c1-16-13-20-14-18(9-12-23(20)39-16)26(35)24-25(17-7-10-21(38-2)11-8-17)34(28(37)27(24)36)29-32-33-30(41-29)40-15-19-5-3-4-6-22(19)31/h3-12,14,16,25,35H,13,15H2,1-2H3. The summed E-state index contributed by atoms with van der Waals surface area (Å²) in [4.78, 5) is 28.3. The fourth-order valence-electron chi connectivity index (χ4n) is 4.97. The van der Waals surface area contributed by atoms with Gasteiger partial charge in [0.1, 0.15) is 29.2 Å². The number of hydrogen-bond donors (Lipinski definition) is 1. The van der Waals surface area contributed by atoms with Crippen LogP contribution in [0.5, 0.6) is 11.5 Å². The molecule has 2 atom stereocenters. The first-order valence-electron chi connectivity index (χ1n) is 12.8. The number of ether oxygens (including phenoxy) is 2. The van der Waals surface area contributed by atoms with Gasteiger partial charge >= 0.3 is 5.91 Å². The number of hydrogen-bond acceptors (Lipinski definition) is 9. The van der Waals surface area contributed by atoms with Gasteiger partial charge < -0.3 is 14.6 Å². The van der Waals surface area contributed by atoms with E-state index in [0.717, 1.165) is 22.6 Å². The van der Waals surface area contributed by atoms with E-state index >= 15 is 0 Å². The van der Waals surface area contributed by atoms with Gasteiger partial charge in [0.25, 0.3) is 5.78 Å². The molecule has 208 valence electrons. The second-order valence-corrected chi connectivity index (χ2v) is 11.8. The van der Waals surface area contributed by atoms with Crippen molar-refractivity contribution in [2.75, 3.05) is 12.0 Å². The lowest BCUT2D eigenvalue weighted by Gasteiger charge is -2.22. The van der Waals surface area contributed by atoms with Crippen molar-refractivity contribution in [2.24, 2.45) is 0 Å². The average Bonchev–Trinajstić information content (AvgIpc) is 3.67. The summed E-state index contributed by atoms with van der Waals surface area (Å²) in [5, 5.41) is 20.1. The molecule has 4 aromatic rings. The molecule has 1 fully saturated rings. The number of aliphatic hydroxyl groups excluding tert-OH is 1. The Hall–Kier alpha value is -4.22. The highest BCUT2D eigenvalue weighted by molar-refractivity contribution is 8.00. The number of methoxy groups -OCH3 is 1. The third kappa shape index (κ3) is 5.07. The van der Waals surface area contributed by atoms with Gasteiger partial charge in [-0.1, -0.05) is 53.4 Å². The van der Waals surface area contributed by atoms with Crippen LogP contribution in [-0.4, -0.2) is 40.2 Å². The second kappa shape index (κ2) is 11.0. The highest BCUT2D eigenvalue weighted by atomic mass is 32.2. The van der Waals surface area contributed by atoms with Crippen LogP contribution in [0.2, 0.25) is 0 Å². The number of aliphatic hydroxyl groups is 1. The number of amides is 1. The minimum atomic E-state index is -0.957. The number of halogens is 1. The summed E-state index contributed by atoms with van der Waals surface area (Å²) in [6, 6.07) is 17.7. The van der Waals surface area contributed by atoms with Gasteiger partial charge in [0.15, 0.2) is 4.34 Å². The van der Waals surface area contributed by atoms with E-state index in [4.69, 9.17) is 9.47 Å². The van der Waals surface area contributed by atoms with E-state index in [2.05, 4.69) is 10.2 Å². The first kappa shape index (κ1) is 27.0. The molecule has 0 spiro atoms. The Kier molecular flexibility index (Phi) is 7.22. The van der Waals surface area contributed by atoms with Gasteiger partial charge in [-0.05, 0) is 60.0 Å². The molecule has 2 aliphatic rings. The first-order chi connectivity index (χ1) is 19.8. The van der Waals surface area contributed by atoms with Crippen molar-refractivity contribution in [1.82, 2.24) is 10.2 Å². The van der Waals surface area contributed by atoms with Crippen LogP contribution in [-0.2, 0) is 21.8 Å². The third-order valence-corrected chi connectivity index (χ3v) is 9.06. The van der Waals surface area contributed by atoms with Crippen molar-refractivity contribution in [2.45, 2.75) is 35.6 Å². The molecule has 0 saturated carbocycles. The summed E-state index contributed by atoms with van der Waals surface area (Å²) in [5.41, 5.74) is 2.37. The van der Waals surface area contributed by atoms with Crippen LogP contribution in [0.4, 0.5) is 9.52 Å². The Morgan fingerprint density at radius 2 is 1.93 bits per heavy atom.